The lowest BCUT2D eigenvalue weighted by Crippen LogP contribution is -2.25. The molecule has 0 unspecified atom stereocenters. The number of halogens is 5. The second-order valence-corrected chi connectivity index (χ2v) is 6.20. The van der Waals surface area contributed by atoms with Gasteiger partial charge in [-0.15, -0.1) is 8.78 Å². The van der Waals surface area contributed by atoms with Crippen LogP contribution >= 0.6 is 0 Å². The van der Waals surface area contributed by atoms with Crippen molar-refractivity contribution in [2.45, 2.75) is 32.2 Å². The molecule has 0 bridgehead atoms. The fourth-order valence-electron chi connectivity index (χ4n) is 2.78. The Bertz CT molecular complexity index is 950. The fourth-order valence-corrected chi connectivity index (χ4v) is 2.78. The van der Waals surface area contributed by atoms with Crippen LogP contribution < -0.4 is 9.47 Å². The van der Waals surface area contributed by atoms with Gasteiger partial charge < -0.3 is 9.47 Å². The molecule has 2 aromatic rings. The van der Waals surface area contributed by atoms with Gasteiger partial charge in [-0.05, 0) is 42.8 Å². The Balaban J connectivity index is 1.66. The summed E-state index contributed by atoms with van der Waals surface area (Å²) < 4.78 is 72.6. The summed E-state index contributed by atoms with van der Waals surface area (Å²) in [6, 6.07) is 6.26. The van der Waals surface area contributed by atoms with Crippen molar-refractivity contribution in [3.05, 3.63) is 58.7 Å². The van der Waals surface area contributed by atoms with Gasteiger partial charge in [-0.3, -0.25) is 9.59 Å². The number of hydrogen-bond donors (Lipinski definition) is 0. The van der Waals surface area contributed by atoms with E-state index in [-0.39, 0.29) is 41.0 Å². The van der Waals surface area contributed by atoms with Crippen molar-refractivity contribution in [1.29, 1.82) is 0 Å². The molecule has 0 N–H and O–H groups in total. The summed E-state index contributed by atoms with van der Waals surface area (Å²) in [5.41, 5.74) is -0.574. The molecule has 148 valence electrons. The van der Waals surface area contributed by atoms with Crippen molar-refractivity contribution in [2.75, 3.05) is 0 Å². The first-order valence-corrected chi connectivity index (χ1v) is 8.10. The summed E-state index contributed by atoms with van der Waals surface area (Å²) in [6.45, 7) is 1.38. The van der Waals surface area contributed by atoms with Crippen LogP contribution in [-0.2, 0) is 6.18 Å². The Morgan fingerprint density at radius 1 is 0.929 bits per heavy atom. The highest BCUT2D eigenvalue weighted by atomic mass is 19.4. The summed E-state index contributed by atoms with van der Waals surface area (Å²) in [5.74, 6) is -1.50. The molecule has 1 aliphatic heterocycles. The van der Waals surface area contributed by atoms with Crippen LogP contribution in [0.15, 0.2) is 36.4 Å². The van der Waals surface area contributed by atoms with Gasteiger partial charge in [0.05, 0.1) is 5.56 Å². The Labute approximate surface area is 155 Å². The third-order valence-electron chi connectivity index (χ3n) is 4.16. The highest BCUT2D eigenvalue weighted by Gasteiger charge is 2.43. The van der Waals surface area contributed by atoms with Crippen molar-refractivity contribution in [3.8, 4) is 11.5 Å². The van der Waals surface area contributed by atoms with Gasteiger partial charge >= 0.3 is 12.5 Å². The summed E-state index contributed by atoms with van der Waals surface area (Å²) in [5, 5.41) is 0. The third-order valence-corrected chi connectivity index (χ3v) is 4.16. The highest BCUT2D eigenvalue weighted by Crippen LogP contribution is 2.41. The smallest absolute Gasteiger partial charge is 0.395 e. The van der Waals surface area contributed by atoms with E-state index in [1.807, 2.05) is 0 Å². The number of ether oxygens (including phenoxy) is 2. The summed E-state index contributed by atoms with van der Waals surface area (Å²) in [7, 11) is 0. The predicted octanol–water partition coefficient (Wildman–Crippen LogP) is 5.18. The number of fused-ring (bicyclic) bond motifs is 1. The topological polar surface area (TPSA) is 52.6 Å². The van der Waals surface area contributed by atoms with E-state index >= 15 is 0 Å². The van der Waals surface area contributed by atoms with E-state index in [1.54, 1.807) is 0 Å². The summed E-state index contributed by atoms with van der Waals surface area (Å²) in [4.78, 5) is 24.5. The number of aryl methyl sites for hydroxylation is 1. The van der Waals surface area contributed by atoms with Gasteiger partial charge in [0.2, 0.25) is 0 Å². The third kappa shape index (κ3) is 4.13. The maximum atomic E-state index is 13.0. The number of alkyl halides is 5. The largest absolute Gasteiger partial charge is 0.586 e. The van der Waals surface area contributed by atoms with E-state index in [1.165, 1.54) is 13.0 Å². The second-order valence-electron chi connectivity index (χ2n) is 6.20. The van der Waals surface area contributed by atoms with Crippen LogP contribution in [0.25, 0.3) is 0 Å². The minimum Gasteiger partial charge on any atom is -0.395 e. The van der Waals surface area contributed by atoms with E-state index in [0.717, 1.165) is 30.3 Å². The van der Waals surface area contributed by atoms with Crippen LogP contribution in [0.5, 0.6) is 11.5 Å². The molecule has 4 nitrogen and oxygen atoms in total. The SMILES string of the molecule is Cc1cc(C(F)(F)F)ccc1C(=O)CCC(=O)c1ccc2c(c1)OC(F)(F)O2. The van der Waals surface area contributed by atoms with Gasteiger partial charge in [0.15, 0.2) is 23.1 Å². The van der Waals surface area contributed by atoms with Gasteiger partial charge in [-0.1, -0.05) is 6.07 Å². The number of Topliss-reactive ketones (excluding diaryl/α,β-unsaturated/α-hetero) is 2. The lowest BCUT2D eigenvalue weighted by molar-refractivity contribution is -0.286. The van der Waals surface area contributed by atoms with E-state index in [9.17, 15) is 31.5 Å². The molecule has 0 atom stereocenters. The summed E-state index contributed by atoms with van der Waals surface area (Å²) in [6.07, 6.45) is -8.80. The number of carbonyl (C=O) groups is 2. The van der Waals surface area contributed by atoms with E-state index in [0.29, 0.717) is 0 Å². The molecule has 0 radical (unpaired) electrons. The van der Waals surface area contributed by atoms with Crippen molar-refractivity contribution in [2.24, 2.45) is 0 Å². The van der Waals surface area contributed by atoms with Gasteiger partial charge in [0.25, 0.3) is 0 Å². The van der Waals surface area contributed by atoms with Gasteiger partial charge in [-0.2, -0.15) is 13.2 Å². The minimum absolute atomic E-state index is 0.0528. The molecule has 2 aromatic carbocycles. The summed E-state index contributed by atoms with van der Waals surface area (Å²) >= 11 is 0. The first-order valence-electron chi connectivity index (χ1n) is 8.10. The lowest BCUT2D eigenvalue weighted by Gasteiger charge is -2.10. The molecule has 1 aliphatic rings. The molecule has 0 aliphatic carbocycles. The first-order chi connectivity index (χ1) is 13.0. The second kappa shape index (κ2) is 6.88. The van der Waals surface area contributed by atoms with Crippen molar-refractivity contribution >= 4 is 11.6 Å². The maximum absolute atomic E-state index is 13.0. The first kappa shape index (κ1) is 19.8. The average molecular weight is 400 g/mol. The number of ketones is 2. The molecular weight excluding hydrogens is 387 g/mol. The quantitative estimate of drug-likeness (QED) is 0.513. The van der Waals surface area contributed by atoms with E-state index < -0.39 is 29.6 Å². The van der Waals surface area contributed by atoms with E-state index in [2.05, 4.69) is 9.47 Å². The molecule has 0 saturated heterocycles. The molecule has 9 heteroatoms. The molecule has 3 rings (SSSR count). The molecule has 0 saturated carbocycles. The van der Waals surface area contributed by atoms with Crippen LogP contribution in [0.1, 0.15) is 44.7 Å². The van der Waals surface area contributed by atoms with Crippen molar-refractivity contribution in [1.82, 2.24) is 0 Å². The monoisotopic (exact) mass is 400 g/mol. The Morgan fingerprint density at radius 2 is 1.57 bits per heavy atom. The standard InChI is InChI=1S/C19H13F5O4/c1-10-8-12(18(20,21)22)3-4-13(10)15(26)6-5-14(25)11-2-7-16-17(9-11)28-19(23,24)27-16/h2-4,7-9H,5-6H2,1H3. The Kier molecular flexibility index (Phi) is 4.86. The zero-order valence-corrected chi connectivity index (χ0v) is 14.4. The zero-order valence-electron chi connectivity index (χ0n) is 14.4. The number of hydrogen-bond acceptors (Lipinski definition) is 4. The van der Waals surface area contributed by atoms with Crippen LogP contribution in [0.3, 0.4) is 0 Å². The maximum Gasteiger partial charge on any atom is 0.586 e. The number of benzene rings is 2. The van der Waals surface area contributed by atoms with Gasteiger partial charge in [-0.25, -0.2) is 0 Å². The van der Waals surface area contributed by atoms with Crippen molar-refractivity contribution < 1.29 is 41.0 Å². The molecule has 1 heterocycles. The van der Waals surface area contributed by atoms with Crippen LogP contribution in [0.4, 0.5) is 22.0 Å². The zero-order chi connectivity index (χ0) is 20.7. The molecule has 28 heavy (non-hydrogen) atoms. The average Bonchev–Trinajstić information content (AvgIpc) is 2.91. The Hall–Kier alpha value is -2.97. The fraction of sp³-hybridized carbons (Fsp3) is 0.263. The van der Waals surface area contributed by atoms with Crippen LogP contribution in [0.2, 0.25) is 0 Å². The predicted molar refractivity (Wildman–Crippen MR) is 86.7 cm³/mol. The Morgan fingerprint density at radius 3 is 2.21 bits per heavy atom. The van der Waals surface area contributed by atoms with Crippen molar-refractivity contribution in [3.63, 3.8) is 0 Å². The molecular formula is C19H13F5O4. The normalized spacial score (nSPS) is 14.8. The van der Waals surface area contributed by atoms with Gasteiger partial charge in [0, 0.05) is 24.0 Å². The lowest BCUT2D eigenvalue weighted by atomic mass is 9.97. The van der Waals surface area contributed by atoms with E-state index in [4.69, 9.17) is 0 Å². The number of carbonyl (C=O) groups excluding carboxylic acids is 2. The van der Waals surface area contributed by atoms with Crippen LogP contribution in [-0.4, -0.2) is 17.9 Å². The molecule has 0 amide bonds. The number of rotatable bonds is 5. The molecule has 0 aromatic heterocycles. The molecule has 0 fully saturated rings. The van der Waals surface area contributed by atoms with Gasteiger partial charge in [0.1, 0.15) is 0 Å². The van der Waals surface area contributed by atoms with Crippen LogP contribution in [0, 0.1) is 6.92 Å². The molecule has 0 spiro atoms. The highest BCUT2D eigenvalue weighted by molar-refractivity contribution is 6.03. The minimum atomic E-state index is -4.52.